The highest BCUT2D eigenvalue weighted by Crippen LogP contribution is 2.02. The fraction of sp³-hybridized carbons (Fsp3) is 0.125. The van der Waals surface area contributed by atoms with Crippen LogP contribution in [0.4, 0.5) is 0 Å². The van der Waals surface area contributed by atoms with E-state index in [1.165, 1.54) is 19.3 Å². The van der Waals surface area contributed by atoms with Crippen molar-refractivity contribution in [1.29, 1.82) is 0 Å². The van der Waals surface area contributed by atoms with Crippen molar-refractivity contribution >= 4 is 16.9 Å². The van der Waals surface area contributed by atoms with Crippen LogP contribution in [-0.2, 0) is 0 Å². The zero-order chi connectivity index (χ0) is 10.1. The minimum Gasteiger partial charge on any atom is -0.291 e. The molecule has 0 unspecified atom stereocenters. The SMILES string of the molecule is [2H]c1cnc2cnc(C(C)=O)nc2n1. The lowest BCUT2D eigenvalue weighted by atomic mass is 10.4. The van der Waals surface area contributed by atoms with E-state index >= 15 is 0 Å². The summed E-state index contributed by atoms with van der Waals surface area (Å²) in [4.78, 5) is 26.4. The molecule has 0 N–H and O–H groups in total. The summed E-state index contributed by atoms with van der Waals surface area (Å²) in [6, 6.07) is 0. The Morgan fingerprint density at radius 2 is 2.31 bits per heavy atom. The lowest BCUT2D eigenvalue weighted by Crippen LogP contribution is -2.01. The minimum atomic E-state index is -0.232. The summed E-state index contributed by atoms with van der Waals surface area (Å²) in [5.74, 6) is -0.138. The maximum atomic E-state index is 11.0. The van der Waals surface area contributed by atoms with Gasteiger partial charge in [0.05, 0.1) is 7.57 Å². The van der Waals surface area contributed by atoms with Gasteiger partial charge >= 0.3 is 0 Å². The third-order valence-corrected chi connectivity index (χ3v) is 1.50. The van der Waals surface area contributed by atoms with E-state index in [2.05, 4.69) is 19.9 Å². The summed E-state index contributed by atoms with van der Waals surface area (Å²) < 4.78 is 7.24. The molecule has 2 aromatic heterocycles. The van der Waals surface area contributed by atoms with Gasteiger partial charge in [0, 0.05) is 19.3 Å². The predicted molar refractivity (Wildman–Crippen MR) is 45.1 cm³/mol. The van der Waals surface area contributed by atoms with Crippen molar-refractivity contribution in [2.45, 2.75) is 6.92 Å². The second kappa shape index (κ2) is 2.85. The normalized spacial score (nSPS) is 11.3. The summed E-state index contributed by atoms with van der Waals surface area (Å²) in [6.45, 7) is 1.37. The number of fused-ring (bicyclic) bond motifs is 1. The monoisotopic (exact) mass is 175 g/mol. The first-order valence-corrected chi connectivity index (χ1v) is 3.64. The molecule has 0 saturated carbocycles. The smallest absolute Gasteiger partial charge is 0.197 e. The summed E-state index contributed by atoms with van der Waals surface area (Å²) in [6.07, 6.45) is 2.75. The molecule has 0 fully saturated rings. The van der Waals surface area contributed by atoms with Gasteiger partial charge in [-0.2, -0.15) is 0 Å². The van der Waals surface area contributed by atoms with Crippen LogP contribution in [0.2, 0.25) is 0 Å². The first-order valence-electron chi connectivity index (χ1n) is 4.14. The maximum Gasteiger partial charge on any atom is 0.197 e. The van der Waals surface area contributed by atoms with Gasteiger partial charge in [-0.15, -0.1) is 0 Å². The molecule has 64 valence electrons. The molecule has 5 nitrogen and oxygen atoms in total. The van der Waals surface area contributed by atoms with Crippen molar-refractivity contribution in [2.24, 2.45) is 0 Å². The van der Waals surface area contributed by atoms with Crippen LogP contribution < -0.4 is 0 Å². The van der Waals surface area contributed by atoms with E-state index in [4.69, 9.17) is 1.37 Å². The van der Waals surface area contributed by atoms with Gasteiger partial charge in [-0.1, -0.05) is 0 Å². The topological polar surface area (TPSA) is 68.6 Å². The van der Waals surface area contributed by atoms with Gasteiger partial charge in [0.25, 0.3) is 0 Å². The Hall–Kier alpha value is -1.91. The van der Waals surface area contributed by atoms with Crippen LogP contribution in [0, 0.1) is 0 Å². The summed E-state index contributed by atoms with van der Waals surface area (Å²) in [5.41, 5.74) is 0.753. The zero-order valence-corrected chi connectivity index (χ0v) is 6.85. The Morgan fingerprint density at radius 1 is 1.46 bits per heavy atom. The van der Waals surface area contributed by atoms with E-state index < -0.39 is 0 Å². The molecular formula is C8H6N4O. The zero-order valence-electron chi connectivity index (χ0n) is 7.85. The van der Waals surface area contributed by atoms with Crippen LogP contribution in [0.1, 0.15) is 18.9 Å². The predicted octanol–water partition coefficient (Wildman–Crippen LogP) is 0.622. The van der Waals surface area contributed by atoms with Crippen molar-refractivity contribution in [2.75, 3.05) is 0 Å². The number of rotatable bonds is 1. The molecule has 2 heterocycles. The van der Waals surface area contributed by atoms with Gasteiger partial charge in [-0.05, 0) is 0 Å². The Morgan fingerprint density at radius 3 is 3.08 bits per heavy atom. The molecule has 0 aliphatic carbocycles. The molecule has 0 radical (unpaired) electrons. The van der Waals surface area contributed by atoms with Gasteiger partial charge in [-0.25, -0.2) is 19.9 Å². The number of carbonyl (C=O) groups excluding carboxylic acids is 1. The quantitative estimate of drug-likeness (QED) is 0.594. The molecule has 0 saturated heterocycles. The molecule has 0 aliphatic heterocycles. The molecule has 0 aliphatic rings. The summed E-state index contributed by atoms with van der Waals surface area (Å²) in [5, 5.41) is 0. The average Bonchev–Trinajstić information content (AvgIpc) is 2.16. The molecule has 5 heteroatoms. The molecule has 13 heavy (non-hydrogen) atoms. The Labute approximate surface area is 75.3 Å². The van der Waals surface area contributed by atoms with Crippen molar-refractivity contribution in [3.05, 3.63) is 24.4 Å². The number of hydrogen-bond donors (Lipinski definition) is 0. The summed E-state index contributed by atoms with van der Waals surface area (Å²) in [7, 11) is 0. The van der Waals surface area contributed by atoms with E-state index in [1.807, 2.05) is 0 Å². The van der Waals surface area contributed by atoms with Crippen molar-refractivity contribution in [3.8, 4) is 0 Å². The highest BCUT2D eigenvalue weighted by Gasteiger charge is 2.04. The Balaban J connectivity index is 2.69. The van der Waals surface area contributed by atoms with Gasteiger partial charge in [0.15, 0.2) is 17.3 Å². The number of Topliss-reactive ketones (excluding diaryl/α,β-unsaturated/α-hetero) is 1. The van der Waals surface area contributed by atoms with E-state index in [0.29, 0.717) is 5.52 Å². The lowest BCUT2D eigenvalue weighted by molar-refractivity contribution is 0.100. The van der Waals surface area contributed by atoms with Crippen LogP contribution in [-0.4, -0.2) is 25.7 Å². The average molecular weight is 175 g/mol. The van der Waals surface area contributed by atoms with Crippen LogP contribution >= 0.6 is 0 Å². The van der Waals surface area contributed by atoms with Crippen LogP contribution in [0.3, 0.4) is 0 Å². The van der Waals surface area contributed by atoms with Gasteiger partial charge in [0.2, 0.25) is 0 Å². The number of hydrogen-bond acceptors (Lipinski definition) is 5. The van der Waals surface area contributed by atoms with E-state index in [0.717, 1.165) is 0 Å². The highest BCUT2D eigenvalue weighted by atomic mass is 16.1. The molecular weight excluding hydrogens is 168 g/mol. The third kappa shape index (κ3) is 1.35. The van der Waals surface area contributed by atoms with Crippen LogP contribution in [0.25, 0.3) is 11.2 Å². The molecule has 2 rings (SSSR count). The highest BCUT2D eigenvalue weighted by molar-refractivity contribution is 5.91. The summed E-state index contributed by atoms with van der Waals surface area (Å²) >= 11 is 0. The second-order valence-electron chi connectivity index (χ2n) is 2.46. The third-order valence-electron chi connectivity index (χ3n) is 1.50. The number of nitrogens with zero attached hydrogens (tertiary/aromatic N) is 4. The van der Waals surface area contributed by atoms with Gasteiger partial charge in [-0.3, -0.25) is 4.79 Å². The number of aromatic nitrogens is 4. The lowest BCUT2D eigenvalue weighted by Gasteiger charge is -1.95. The Kier molecular flexibility index (Phi) is 1.45. The van der Waals surface area contributed by atoms with E-state index in [9.17, 15) is 4.79 Å². The van der Waals surface area contributed by atoms with Crippen molar-refractivity contribution in [3.63, 3.8) is 0 Å². The Bertz CT molecular complexity index is 514. The fourth-order valence-electron chi connectivity index (χ4n) is 0.898. The van der Waals surface area contributed by atoms with Gasteiger partial charge in [0.1, 0.15) is 5.52 Å². The molecule has 0 amide bonds. The first kappa shape index (κ1) is 6.59. The molecule has 0 aromatic carbocycles. The van der Waals surface area contributed by atoms with Crippen molar-refractivity contribution < 1.29 is 6.17 Å². The first-order chi connectivity index (χ1) is 6.66. The fourth-order valence-corrected chi connectivity index (χ4v) is 0.898. The van der Waals surface area contributed by atoms with Crippen molar-refractivity contribution in [1.82, 2.24) is 19.9 Å². The van der Waals surface area contributed by atoms with E-state index in [-0.39, 0.29) is 23.4 Å². The number of ketones is 1. The van der Waals surface area contributed by atoms with E-state index in [1.54, 1.807) is 0 Å². The standard InChI is InChI=1S/C8H6N4O/c1-5(13)7-11-4-6-8(12-7)10-3-2-9-6/h2-4H,1H3/i3D. The molecule has 2 aromatic rings. The largest absolute Gasteiger partial charge is 0.291 e. The van der Waals surface area contributed by atoms with Crippen LogP contribution in [0.5, 0.6) is 0 Å². The number of carbonyl (C=O) groups is 1. The molecule has 0 spiro atoms. The molecule has 0 bridgehead atoms. The van der Waals surface area contributed by atoms with Crippen LogP contribution in [0.15, 0.2) is 18.6 Å². The minimum absolute atomic E-state index is 0.0192. The van der Waals surface area contributed by atoms with Gasteiger partial charge < -0.3 is 0 Å². The second-order valence-corrected chi connectivity index (χ2v) is 2.46. The maximum absolute atomic E-state index is 11.0. The molecule has 0 atom stereocenters.